The van der Waals surface area contributed by atoms with Crippen LogP contribution in [0.3, 0.4) is 0 Å². The molecular weight excluding hydrogens is 678 g/mol. The largest absolute Gasteiger partial charge is 0.490 e. The Kier molecular flexibility index (Phi) is 23.1. The van der Waals surface area contributed by atoms with Crippen LogP contribution in [0, 0.1) is 5.92 Å². The molecule has 2 amide bonds. The Labute approximate surface area is 278 Å². The van der Waals surface area contributed by atoms with Crippen LogP contribution in [0.15, 0.2) is 30.3 Å². The van der Waals surface area contributed by atoms with Gasteiger partial charge in [0.15, 0.2) is 6.10 Å². The number of carboxylic acid groups (broad SMARTS) is 1. The van der Waals surface area contributed by atoms with Crippen molar-refractivity contribution in [2.45, 2.75) is 52.0 Å². The maximum Gasteiger partial charge on any atom is 0.490 e. The first-order chi connectivity index (χ1) is 21.6. The predicted molar refractivity (Wildman–Crippen MR) is 170 cm³/mol. The minimum absolute atomic E-state index is 0.286. The van der Waals surface area contributed by atoms with Gasteiger partial charge >= 0.3 is 30.2 Å². The van der Waals surface area contributed by atoms with Crippen molar-refractivity contribution in [3.63, 3.8) is 0 Å². The lowest BCUT2D eigenvalue weighted by atomic mass is 9.99. The average molecular weight is 719 g/mol. The zero-order chi connectivity index (χ0) is 35.1. The van der Waals surface area contributed by atoms with E-state index in [1.54, 1.807) is 22.6 Å². The number of carbonyl (C=O) groups excluding carboxylic acids is 4. The molecule has 0 saturated carbocycles. The maximum absolute atomic E-state index is 13.7. The Balaban J connectivity index is 0.00000258. The number of alkyl halides is 3. The van der Waals surface area contributed by atoms with Gasteiger partial charge in [0.25, 0.3) is 0 Å². The van der Waals surface area contributed by atoms with Gasteiger partial charge in [0.1, 0.15) is 13.2 Å². The molecule has 0 aliphatic heterocycles. The molecule has 0 spiro atoms. The standard InChI is InChI=1S/C26H40N2O8S3.C2HF3O2/c1-19(29)14-28(26(33)36-24(15-34-20(2)30)16-35-21(3)31)25(32)23(13-22-9-6-5-7-10-22)17-38-39-18-27-11-8-12-37-4;3-2(4,5)1(6)7/h5-7,9-10,19,23-24,27,29H,8,11-18H2,1-4H3;(H,6,7). The predicted octanol–water partition coefficient (Wildman–Crippen LogP) is 4.00. The van der Waals surface area contributed by atoms with E-state index in [1.165, 1.54) is 31.6 Å². The number of carboxylic acids is 1. The Morgan fingerprint density at radius 2 is 1.57 bits per heavy atom. The molecule has 0 radical (unpaired) electrons. The van der Waals surface area contributed by atoms with E-state index in [4.69, 9.17) is 24.1 Å². The number of hydrogen-bond acceptors (Lipinski definition) is 13. The number of thioether (sulfide) groups is 1. The number of nitrogens with zero attached hydrogens (tertiary/aromatic N) is 1. The molecule has 0 fully saturated rings. The van der Waals surface area contributed by atoms with Gasteiger partial charge in [0, 0.05) is 19.6 Å². The van der Waals surface area contributed by atoms with Gasteiger partial charge in [-0.2, -0.15) is 24.9 Å². The van der Waals surface area contributed by atoms with Crippen LogP contribution in [0.25, 0.3) is 0 Å². The Morgan fingerprint density at radius 3 is 2.04 bits per heavy atom. The molecule has 2 atom stereocenters. The number of imide groups is 1. The third-order valence-corrected chi connectivity index (χ3v) is 8.26. The summed E-state index contributed by atoms with van der Waals surface area (Å²) >= 11 is 1.80. The lowest BCUT2D eigenvalue weighted by molar-refractivity contribution is -0.192. The minimum Gasteiger partial charge on any atom is -0.475 e. The van der Waals surface area contributed by atoms with Gasteiger partial charge in [0.05, 0.1) is 24.4 Å². The van der Waals surface area contributed by atoms with Crippen molar-refractivity contribution in [2.75, 3.05) is 49.9 Å². The molecule has 46 heavy (non-hydrogen) atoms. The Hall–Kier alpha value is -2.67. The van der Waals surface area contributed by atoms with Crippen LogP contribution in [-0.2, 0) is 39.8 Å². The first kappa shape index (κ1) is 43.3. The molecule has 0 saturated heterocycles. The van der Waals surface area contributed by atoms with Crippen molar-refractivity contribution >= 4 is 63.3 Å². The van der Waals surface area contributed by atoms with Crippen LogP contribution < -0.4 is 5.32 Å². The SMILES string of the molecule is CSCCCNCSSCC(Cc1ccccc1)C(=O)N(CC(C)O)C(=O)OC(COC(C)=O)COC(C)=O.O=C(O)C(F)(F)F. The Morgan fingerprint density at radius 1 is 1.00 bits per heavy atom. The van der Waals surface area contributed by atoms with Crippen molar-refractivity contribution in [1.29, 1.82) is 0 Å². The third kappa shape index (κ3) is 22.0. The summed E-state index contributed by atoms with van der Waals surface area (Å²) in [6.07, 6.45) is -4.69. The fraction of sp³-hybridized carbons (Fsp3) is 0.607. The van der Waals surface area contributed by atoms with E-state index in [9.17, 15) is 37.5 Å². The average Bonchev–Trinajstić information content (AvgIpc) is 2.97. The van der Waals surface area contributed by atoms with E-state index in [2.05, 4.69) is 11.6 Å². The summed E-state index contributed by atoms with van der Waals surface area (Å²) in [7, 11) is 3.13. The second-order valence-corrected chi connectivity index (χ2v) is 13.0. The molecule has 2 unspecified atom stereocenters. The number of rotatable bonds is 19. The molecule has 3 N–H and O–H groups in total. The van der Waals surface area contributed by atoms with Crippen molar-refractivity contribution in [3.05, 3.63) is 35.9 Å². The van der Waals surface area contributed by atoms with Crippen molar-refractivity contribution in [2.24, 2.45) is 5.92 Å². The fourth-order valence-corrected chi connectivity index (χ4v) is 5.77. The second-order valence-electron chi connectivity index (χ2n) is 9.49. The highest BCUT2D eigenvalue weighted by molar-refractivity contribution is 8.76. The molecule has 0 aliphatic carbocycles. The molecule has 1 aromatic carbocycles. The number of ether oxygens (including phenoxy) is 3. The van der Waals surface area contributed by atoms with E-state index in [-0.39, 0.29) is 19.8 Å². The summed E-state index contributed by atoms with van der Waals surface area (Å²) in [5.74, 6) is -2.79. The summed E-state index contributed by atoms with van der Waals surface area (Å²) < 4.78 is 47.0. The summed E-state index contributed by atoms with van der Waals surface area (Å²) in [6.45, 7) is 3.77. The highest BCUT2D eigenvalue weighted by atomic mass is 33.1. The normalized spacial score (nSPS) is 12.3. The van der Waals surface area contributed by atoms with Gasteiger partial charge < -0.3 is 29.7 Å². The lowest BCUT2D eigenvalue weighted by Gasteiger charge is -2.28. The number of amides is 2. The number of halogens is 3. The number of hydrogen-bond donors (Lipinski definition) is 3. The van der Waals surface area contributed by atoms with Crippen molar-refractivity contribution < 1.29 is 61.6 Å². The van der Waals surface area contributed by atoms with E-state index >= 15 is 0 Å². The maximum atomic E-state index is 13.7. The van der Waals surface area contributed by atoms with E-state index in [0.29, 0.717) is 12.2 Å². The first-order valence-electron chi connectivity index (χ1n) is 13.8. The first-order valence-corrected chi connectivity index (χ1v) is 17.7. The summed E-state index contributed by atoms with van der Waals surface area (Å²) in [4.78, 5) is 59.1. The number of aliphatic hydroxyl groups is 1. The molecule has 1 aromatic rings. The number of esters is 2. The van der Waals surface area contributed by atoms with Gasteiger partial charge in [0.2, 0.25) is 5.91 Å². The Bertz CT molecular complexity index is 1050. The van der Waals surface area contributed by atoms with Crippen LogP contribution in [-0.4, -0.2) is 113 Å². The monoisotopic (exact) mass is 718 g/mol. The molecule has 0 bridgehead atoms. The van der Waals surface area contributed by atoms with Crippen LogP contribution in [0.5, 0.6) is 0 Å². The highest BCUT2D eigenvalue weighted by Gasteiger charge is 2.38. The molecule has 1 rings (SSSR count). The highest BCUT2D eigenvalue weighted by Crippen LogP contribution is 2.26. The molecule has 0 heterocycles. The minimum atomic E-state index is -5.08. The van der Waals surface area contributed by atoms with Crippen molar-refractivity contribution in [3.8, 4) is 0 Å². The van der Waals surface area contributed by atoms with E-state index in [0.717, 1.165) is 35.1 Å². The summed E-state index contributed by atoms with van der Waals surface area (Å²) in [6, 6.07) is 9.48. The zero-order valence-electron chi connectivity index (χ0n) is 25.9. The van der Waals surface area contributed by atoms with Crippen LogP contribution >= 0.6 is 33.3 Å². The number of nitrogens with one attached hydrogen (secondary N) is 1. The van der Waals surface area contributed by atoms with E-state index < -0.39 is 54.2 Å². The van der Waals surface area contributed by atoms with Crippen molar-refractivity contribution in [1.82, 2.24) is 10.2 Å². The molecule has 0 aromatic heterocycles. The van der Waals surface area contributed by atoms with E-state index in [1.807, 2.05) is 30.3 Å². The topological polar surface area (TPSA) is 169 Å². The molecule has 18 heteroatoms. The number of aliphatic carboxylic acids is 1. The summed E-state index contributed by atoms with van der Waals surface area (Å²) in [5.41, 5.74) is 0.935. The molecule has 262 valence electrons. The summed E-state index contributed by atoms with van der Waals surface area (Å²) in [5, 5.41) is 20.5. The van der Waals surface area contributed by atoms with Crippen LogP contribution in [0.4, 0.5) is 18.0 Å². The number of benzene rings is 1. The number of aliphatic hydroxyl groups excluding tert-OH is 1. The number of carbonyl (C=O) groups is 5. The van der Waals surface area contributed by atoms with Gasteiger partial charge in [-0.15, -0.1) is 0 Å². The quantitative estimate of drug-likeness (QED) is 0.0617. The molecule has 12 nitrogen and oxygen atoms in total. The lowest BCUT2D eigenvalue weighted by Crippen LogP contribution is -2.47. The van der Waals surface area contributed by atoms with Gasteiger partial charge in [-0.25, -0.2) is 14.5 Å². The smallest absolute Gasteiger partial charge is 0.475 e. The van der Waals surface area contributed by atoms with Crippen LogP contribution in [0.1, 0.15) is 32.8 Å². The molecule has 0 aliphatic rings. The molecular formula is C28H41F3N2O10S3. The third-order valence-electron chi connectivity index (χ3n) is 5.28. The van der Waals surface area contributed by atoms with Crippen LogP contribution in [0.2, 0.25) is 0 Å². The second kappa shape index (κ2) is 24.5. The fourth-order valence-electron chi connectivity index (χ4n) is 3.23. The van der Waals surface area contributed by atoms with Gasteiger partial charge in [-0.3, -0.25) is 14.4 Å². The van der Waals surface area contributed by atoms with Gasteiger partial charge in [-0.1, -0.05) is 51.9 Å². The van der Waals surface area contributed by atoms with Gasteiger partial charge in [-0.05, 0) is 43.9 Å². The zero-order valence-corrected chi connectivity index (χ0v) is 28.4.